The van der Waals surface area contributed by atoms with Crippen LogP contribution < -0.4 is 0 Å². The van der Waals surface area contributed by atoms with Gasteiger partial charge in [0.2, 0.25) is 10.0 Å². The number of ketones is 1. The average molecular weight is 325 g/mol. The van der Waals surface area contributed by atoms with Gasteiger partial charge in [-0.15, -0.1) is 0 Å². The lowest BCUT2D eigenvalue weighted by atomic mass is 9.98. The Bertz CT molecular complexity index is 666. The molecule has 1 unspecified atom stereocenters. The fourth-order valence-corrected chi connectivity index (χ4v) is 3.79. The van der Waals surface area contributed by atoms with Crippen molar-refractivity contribution in [3.63, 3.8) is 0 Å². The van der Waals surface area contributed by atoms with E-state index in [9.17, 15) is 18.0 Å². The third kappa shape index (κ3) is 3.36. The first-order chi connectivity index (χ1) is 10.4. The molecule has 6 nitrogen and oxygen atoms in total. The molecule has 1 aliphatic heterocycles. The number of piperidine rings is 1. The number of Topliss-reactive ketones (excluding diaryl/α,β-unsaturated/α-hetero) is 1. The zero-order valence-corrected chi connectivity index (χ0v) is 13.4. The highest BCUT2D eigenvalue weighted by molar-refractivity contribution is 7.89. The van der Waals surface area contributed by atoms with E-state index in [1.807, 2.05) is 6.92 Å². The van der Waals surface area contributed by atoms with Crippen LogP contribution in [0.15, 0.2) is 29.2 Å². The fraction of sp³-hybridized carbons (Fsp3) is 0.467. The van der Waals surface area contributed by atoms with Crippen LogP contribution in [0.1, 0.15) is 18.9 Å². The normalized spacial score (nSPS) is 19.9. The van der Waals surface area contributed by atoms with E-state index in [2.05, 4.69) is 0 Å². The molecule has 0 radical (unpaired) electrons. The van der Waals surface area contributed by atoms with Crippen molar-refractivity contribution >= 4 is 21.8 Å². The molecule has 1 aromatic carbocycles. The Morgan fingerprint density at radius 1 is 1.32 bits per heavy atom. The molecule has 22 heavy (non-hydrogen) atoms. The predicted molar refractivity (Wildman–Crippen MR) is 79.7 cm³/mol. The number of ether oxygens (including phenoxy) is 1. The number of sulfonamides is 1. The molecule has 1 heterocycles. The van der Waals surface area contributed by atoms with E-state index in [0.717, 1.165) is 5.56 Å². The summed E-state index contributed by atoms with van der Waals surface area (Å²) in [5.41, 5.74) is 0.956. The number of hydrogen-bond acceptors (Lipinski definition) is 5. The number of hydrogen-bond donors (Lipinski definition) is 0. The summed E-state index contributed by atoms with van der Waals surface area (Å²) in [5, 5.41) is 0. The highest BCUT2D eigenvalue weighted by Crippen LogP contribution is 2.23. The Hall–Kier alpha value is -1.73. The van der Waals surface area contributed by atoms with E-state index >= 15 is 0 Å². The first kappa shape index (κ1) is 16.6. The maximum Gasteiger partial charge on any atom is 0.317 e. The van der Waals surface area contributed by atoms with Crippen LogP contribution >= 0.6 is 0 Å². The third-order valence-electron chi connectivity index (χ3n) is 3.61. The van der Waals surface area contributed by atoms with E-state index in [0.29, 0.717) is 0 Å². The van der Waals surface area contributed by atoms with Gasteiger partial charge in [-0.1, -0.05) is 17.7 Å². The summed E-state index contributed by atoms with van der Waals surface area (Å²) in [6.45, 7) is 3.60. The van der Waals surface area contributed by atoms with Crippen LogP contribution in [0.2, 0.25) is 0 Å². The highest BCUT2D eigenvalue weighted by Gasteiger charge is 2.38. The van der Waals surface area contributed by atoms with Gasteiger partial charge < -0.3 is 4.74 Å². The molecule has 1 atom stereocenters. The summed E-state index contributed by atoms with van der Waals surface area (Å²) in [5.74, 6) is -1.96. The van der Waals surface area contributed by atoms with Gasteiger partial charge in [0.05, 0.1) is 11.5 Å². The summed E-state index contributed by atoms with van der Waals surface area (Å²) in [6.07, 6.45) is 0.0224. The molecule has 0 spiro atoms. The molecule has 0 N–H and O–H groups in total. The van der Waals surface area contributed by atoms with E-state index < -0.39 is 21.9 Å². The Balaban J connectivity index is 2.23. The monoisotopic (exact) mass is 325 g/mol. The first-order valence-electron chi connectivity index (χ1n) is 7.12. The Kier molecular flexibility index (Phi) is 4.97. The van der Waals surface area contributed by atoms with Gasteiger partial charge >= 0.3 is 5.97 Å². The molecule has 120 valence electrons. The average Bonchev–Trinajstić information content (AvgIpc) is 2.48. The maximum atomic E-state index is 12.6. The third-order valence-corrected chi connectivity index (χ3v) is 5.49. The molecule has 1 saturated heterocycles. The molecular formula is C15H19NO5S. The van der Waals surface area contributed by atoms with Crippen LogP contribution in [0.4, 0.5) is 0 Å². The maximum absolute atomic E-state index is 12.6. The summed E-state index contributed by atoms with van der Waals surface area (Å²) < 4.78 is 31.2. The molecule has 1 aromatic rings. The molecule has 0 aromatic heterocycles. The number of aryl methyl sites for hydroxylation is 1. The van der Waals surface area contributed by atoms with E-state index in [1.165, 1.54) is 16.4 Å². The molecule has 0 bridgehead atoms. The first-order valence-corrected chi connectivity index (χ1v) is 8.56. The number of nitrogens with zero attached hydrogens (tertiary/aromatic N) is 1. The number of carbonyl (C=O) groups is 2. The van der Waals surface area contributed by atoms with Gasteiger partial charge in [-0.3, -0.25) is 9.59 Å². The van der Waals surface area contributed by atoms with Crippen LogP contribution in [0.3, 0.4) is 0 Å². The minimum absolute atomic E-state index is 0.0224. The standard InChI is InChI=1S/C15H19NO5S/c1-3-21-15(18)13-10-16(9-8-14(13)17)22(19,20)12-6-4-11(2)5-7-12/h4-7,13H,3,8-10H2,1-2H3. The van der Waals surface area contributed by atoms with Crippen LogP contribution in [-0.4, -0.2) is 44.2 Å². The van der Waals surface area contributed by atoms with Gasteiger partial charge in [0.25, 0.3) is 0 Å². The lowest BCUT2D eigenvalue weighted by Gasteiger charge is -2.29. The largest absolute Gasteiger partial charge is 0.465 e. The van der Waals surface area contributed by atoms with Crippen molar-refractivity contribution < 1.29 is 22.7 Å². The van der Waals surface area contributed by atoms with Crippen molar-refractivity contribution in [3.05, 3.63) is 29.8 Å². The van der Waals surface area contributed by atoms with Gasteiger partial charge in [-0.05, 0) is 26.0 Å². The topological polar surface area (TPSA) is 80.8 Å². The number of carbonyl (C=O) groups excluding carboxylic acids is 2. The van der Waals surface area contributed by atoms with E-state index in [1.54, 1.807) is 19.1 Å². The quantitative estimate of drug-likeness (QED) is 0.612. The van der Waals surface area contributed by atoms with Crippen molar-refractivity contribution in [2.24, 2.45) is 5.92 Å². The Morgan fingerprint density at radius 3 is 2.55 bits per heavy atom. The second-order valence-electron chi connectivity index (χ2n) is 5.20. The minimum atomic E-state index is -3.71. The second-order valence-corrected chi connectivity index (χ2v) is 7.13. The zero-order chi connectivity index (χ0) is 16.3. The molecule has 0 aliphatic carbocycles. The van der Waals surface area contributed by atoms with Crippen molar-refractivity contribution in [1.29, 1.82) is 0 Å². The van der Waals surface area contributed by atoms with Gasteiger partial charge in [-0.2, -0.15) is 4.31 Å². The highest BCUT2D eigenvalue weighted by atomic mass is 32.2. The van der Waals surface area contributed by atoms with Gasteiger partial charge in [0.15, 0.2) is 0 Å². The Morgan fingerprint density at radius 2 is 1.95 bits per heavy atom. The lowest BCUT2D eigenvalue weighted by Crippen LogP contribution is -2.47. The fourth-order valence-electron chi connectivity index (χ4n) is 2.33. The number of esters is 1. The SMILES string of the molecule is CCOC(=O)C1CN(S(=O)(=O)c2ccc(C)cc2)CCC1=O. The summed E-state index contributed by atoms with van der Waals surface area (Å²) >= 11 is 0. The van der Waals surface area contributed by atoms with Gasteiger partial charge in [0.1, 0.15) is 11.7 Å². The van der Waals surface area contributed by atoms with Crippen molar-refractivity contribution in [2.45, 2.75) is 25.2 Å². The molecule has 1 aliphatic rings. The minimum Gasteiger partial charge on any atom is -0.465 e. The van der Waals surface area contributed by atoms with E-state index in [4.69, 9.17) is 4.74 Å². The summed E-state index contributed by atoms with van der Waals surface area (Å²) in [7, 11) is -3.71. The van der Waals surface area contributed by atoms with Crippen LogP contribution in [0.25, 0.3) is 0 Å². The summed E-state index contributed by atoms with van der Waals surface area (Å²) in [4.78, 5) is 23.8. The molecule has 1 fully saturated rings. The zero-order valence-electron chi connectivity index (χ0n) is 12.6. The van der Waals surface area contributed by atoms with Crippen LogP contribution in [0.5, 0.6) is 0 Å². The van der Waals surface area contributed by atoms with Crippen molar-refractivity contribution in [2.75, 3.05) is 19.7 Å². The summed E-state index contributed by atoms with van der Waals surface area (Å²) in [6, 6.07) is 6.48. The smallest absolute Gasteiger partial charge is 0.317 e. The Labute approximate surface area is 130 Å². The van der Waals surface area contributed by atoms with Crippen molar-refractivity contribution in [1.82, 2.24) is 4.31 Å². The molecule has 0 amide bonds. The molecule has 2 rings (SSSR count). The van der Waals surface area contributed by atoms with E-state index in [-0.39, 0.29) is 36.8 Å². The van der Waals surface area contributed by atoms with Gasteiger partial charge in [0, 0.05) is 19.5 Å². The van der Waals surface area contributed by atoms with Crippen LogP contribution in [-0.2, 0) is 24.3 Å². The van der Waals surface area contributed by atoms with Gasteiger partial charge in [-0.25, -0.2) is 8.42 Å². The number of rotatable bonds is 4. The van der Waals surface area contributed by atoms with Crippen molar-refractivity contribution in [3.8, 4) is 0 Å². The predicted octanol–water partition coefficient (Wildman–Crippen LogP) is 1.14. The molecule has 0 saturated carbocycles. The number of benzene rings is 1. The van der Waals surface area contributed by atoms with Crippen LogP contribution in [0, 0.1) is 12.8 Å². The second kappa shape index (κ2) is 6.58. The molecule has 7 heteroatoms. The molecular weight excluding hydrogens is 306 g/mol. The lowest BCUT2D eigenvalue weighted by molar-refractivity contribution is -0.153.